The first-order valence-corrected chi connectivity index (χ1v) is 8.86. The van der Waals surface area contributed by atoms with Gasteiger partial charge in [0.05, 0.1) is 11.9 Å². The van der Waals surface area contributed by atoms with E-state index >= 15 is 0 Å². The van der Waals surface area contributed by atoms with Crippen molar-refractivity contribution in [2.75, 3.05) is 11.9 Å². The molecule has 0 aliphatic carbocycles. The zero-order valence-electron chi connectivity index (χ0n) is 15.0. The Morgan fingerprint density at radius 2 is 2.15 bits per heavy atom. The fourth-order valence-electron chi connectivity index (χ4n) is 3.14. The second-order valence-corrected chi connectivity index (χ2v) is 6.39. The first-order chi connectivity index (χ1) is 13.0. The van der Waals surface area contributed by atoms with Crippen LogP contribution in [0.1, 0.15) is 43.1 Å². The quantitative estimate of drug-likeness (QED) is 0.798. The molecule has 1 aromatic heterocycles. The number of anilines is 1. The van der Waals surface area contributed by atoms with Gasteiger partial charge in [-0.1, -0.05) is 18.2 Å². The van der Waals surface area contributed by atoms with Crippen LogP contribution in [0.3, 0.4) is 0 Å². The molecule has 2 amide bonds. The fraction of sp³-hybridized carbons (Fsp3) is 0.389. The molecule has 0 saturated carbocycles. The van der Waals surface area contributed by atoms with E-state index in [9.17, 15) is 14.4 Å². The number of nitrogens with one attached hydrogen (secondary N) is 1. The number of hydrogen-bond donors (Lipinski definition) is 2. The molecule has 0 bridgehead atoms. The highest BCUT2D eigenvalue weighted by molar-refractivity contribution is 5.97. The molecule has 1 fully saturated rings. The van der Waals surface area contributed by atoms with Crippen molar-refractivity contribution < 1.29 is 19.5 Å². The van der Waals surface area contributed by atoms with E-state index in [2.05, 4.69) is 15.6 Å². The summed E-state index contributed by atoms with van der Waals surface area (Å²) >= 11 is 0. The average molecular weight is 371 g/mol. The fourth-order valence-corrected chi connectivity index (χ4v) is 3.14. The smallest absolute Gasteiger partial charge is 0.358 e. The predicted octanol–water partition coefficient (Wildman–Crippen LogP) is 1.70. The monoisotopic (exact) mass is 371 g/mol. The number of carbonyl (C=O) groups excluding carboxylic acids is 2. The number of nitrogens with zero attached hydrogens (tertiary/aromatic N) is 4. The number of rotatable bonds is 6. The molecule has 1 atom stereocenters. The van der Waals surface area contributed by atoms with Crippen LogP contribution in [-0.2, 0) is 9.59 Å². The van der Waals surface area contributed by atoms with E-state index in [1.54, 1.807) is 29.2 Å². The third-order valence-electron chi connectivity index (χ3n) is 4.43. The van der Waals surface area contributed by atoms with Crippen LogP contribution in [-0.4, -0.2) is 55.4 Å². The second kappa shape index (κ2) is 7.98. The molecule has 1 aliphatic rings. The van der Waals surface area contributed by atoms with Crippen molar-refractivity contribution in [3.05, 3.63) is 36.2 Å². The number of carbonyl (C=O) groups is 3. The predicted molar refractivity (Wildman–Crippen MR) is 96.6 cm³/mol. The number of aromatic carboxylic acids is 1. The normalized spacial score (nSPS) is 16.3. The Bertz CT molecular complexity index is 863. The van der Waals surface area contributed by atoms with Gasteiger partial charge in [0.25, 0.3) is 0 Å². The number of carboxylic acids is 1. The molecule has 1 aliphatic heterocycles. The molecule has 142 valence electrons. The topological polar surface area (TPSA) is 117 Å². The van der Waals surface area contributed by atoms with Crippen molar-refractivity contribution in [3.63, 3.8) is 0 Å². The molecule has 9 heteroatoms. The molecule has 2 heterocycles. The third kappa shape index (κ3) is 4.13. The van der Waals surface area contributed by atoms with Gasteiger partial charge in [0.2, 0.25) is 11.8 Å². The summed E-state index contributed by atoms with van der Waals surface area (Å²) in [6.07, 6.45) is 3.95. The van der Waals surface area contributed by atoms with Gasteiger partial charge < -0.3 is 15.3 Å². The Morgan fingerprint density at radius 1 is 1.33 bits per heavy atom. The summed E-state index contributed by atoms with van der Waals surface area (Å²) in [7, 11) is 0. The van der Waals surface area contributed by atoms with Gasteiger partial charge in [-0.25, -0.2) is 9.48 Å². The number of benzene rings is 1. The van der Waals surface area contributed by atoms with Crippen LogP contribution in [0, 0.1) is 0 Å². The van der Waals surface area contributed by atoms with Gasteiger partial charge in [-0.2, -0.15) is 0 Å². The van der Waals surface area contributed by atoms with E-state index in [0.29, 0.717) is 30.8 Å². The Labute approximate surface area is 156 Å². The summed E-state index contributed by atoms with van der Waals surface area (Å²) in [5, 5.41) is 19.1. The van der Waals surface area contributed by atoms with Crippen molar-refractivity contribution in [2.24, 2.45) is 0 Å². The van der Waals surface area contributed by atoms with Gasteiger partial charge in [-0.05, 0) is 37.5 Å². The van der Waals surface area contributed by atoms with Crippen LogP contribution >= 0.6 is 0 Å². The highest BCUT2D eigenvalue weighted by Gasteiger charge is 2.33. The van der Waals surface area contributed by atoms with E-state index in [1.165, 1.54) is 10.9 Å². The lowest BCUT2D eigenvalue weighted by atomic mass is 10.2. The molecule has 2 N–H and O–H groups in total. The number of aromatic nitrogens is 3. The standard InChI is InChI=1S/C18H21N5O4/c1-2-5-16(24)22-9-4-8-15(22)17(25)19-12-6-3-7-13(10-12)23-11-14(18(26)27)20-21-23/h3,6-7,10-11,15H,2,4-5,8-9H2,1H3,(H,19,25)(H,26,27). The van der Waals surface area contributed by atoms with Crippen LogP contribution in [0.15, 0.2) is 30.5 Å². The summed E-state index contributed by atoms with van der Waals surface area (Å²) in [5.74, 6) is -1.38. The van der Waals surface area contributed by atoms with Gasteiger partial charge in [0.1, 0.15) is 6.04 Å². The van der Waals surface area contributed by atoms with Crippen LogP contribution < -0.4 is 5.32 Å². The molecule has 3 rings (SSSR count). The van der Waals surface area contributed by atoms with Crippen LogP contribution in [0.2, 0.25) is 0 Å². The first-order valence-electron chi connectivity index (χ1n) is 8.86. The summed E-state index contributed by atoms with van der Waals surface area (Å²) < 4.78 is 1.33. The summed E-state index contributed by atoms with van der Waals surface area (Å²) in [4.78, 5) is 37.4. The minimum absolute atomic E-state index is 0.00714. The number of amides is 2. The maximum Gasteiger partial charge on any atom is 0.358 e. The van der Waals surface area contributed by atoms with Gasteiger partial charge in [0.15, 0.2) is 5.69 Å². The van der Waals surface area contributed by atoms with Crippen LogP contribution in [0.25, 0.3) is 5.69 Å². The molecule has 2 aromatic rings. The molecule has 27 heavy (non-hydrogen) atoms. The summed E-state index contributed by atoms with van der Waals surface area (Å²) in [5.41, 5.74) is 0.943. The van der Waals surface area contributed by atoms with E-state index in [0.717, 1.165) is 12.8 Å². The maximum absolute atomic E-state index is 12.7. The lowest BCUT2D eigenvalue weighted by Crippen LogP contribution is -2.43. The molecular weight excluding hydrogens is 350 g/mol. The minimum atomic E-state index is -1.16. The van der Waals surface area contributed by atoms with E-state index in [1.807, 2.05) is 6.92 Å². The van der Waals surface area contributed by atoms with Crippen LogP contribution in [0.4, 0.5) is 5.69 Å². The molecule has 0 radical (unpaired) electrons. The van der Waals surface area contributed by atoms with Gasteiger partial charge in [-0.3, -0.25) is 9.59 Å². The third-order valence-corrected chi connectivity index (χ3v) is 4.43. The Balaban J connectivity index is 1.72. The van der Waals surface area contributed by atoms with Gasteiger partial charge in [-0.15, -0.1) is 5.10 Å². The highest BCUT2D eigenvalue weighted by Crippen LogP contribution is 2.21. The maximum atomic E-state index is 12.7. The largest absolute Gasteiger partial charge is 0.476 e. The van der Waals surface area contributed by atoms with Crippen molar-refractivity contribution in [1.82, 2.24) is 19.9 Å². The molecule has 1 unspecified atom stereocenters. The SMILES string of the molecule is CCCC(=O)N1CCCC1C(=O)Nc1cccc(-n2cc(C(=O)O)nn2)c1. The number of hydrogen-bond acceptors (Lipinski definition) is 5. The highest BCUT2D eigenvalue weighted by atomic mass is 16.4. The lowest BCUT2D eigenvalue weighted by molar-refractivity contribution is -0.136. The number of carboxylic acid groups (broad SMARTS) is 1. The summed E-state index contributed by atoms with van der Waals surface area (Å²) in [6, 6.07) is 6.39. The zero-order valence-corrected chi connectivity index (χ0v) is 15.0. The molecule has 1 saturated heterocycles. The molecule has 0 spiro atoms. The van der Waals surface area contributed by atoms with Crippen molar-refractivity contribution >= 4 is 23.5 Å². The first kappa shape index (κ1) is 18.6. The Kier molecular flexibility index (Phi) is 5.49. The van der Waals surface area contributed by atoms with Crippen molar-refractivity contribution in [3.8, 4) is 5.69 Å². The van der Waals surface area contributed by atoms with E-state index < -0.39 is 12.0 Å². The lowest BCUT2D eigenvalue weighted by Gasteiger charge is -2.24. The van der Waals surface area contributed by atoms with Crippen molar-refractivity contribution in [2.45, 2.75) is 38.6 Å². The van der Waals surface area contributed by atoms with Crippen LogP contribution in [0.5, 0.6) is 0 Å². The Hall–Kier alpha value is -3.23. The minimum Gasteiger partial charge on any atom is -0.476 e. The molecular formula is C18H21N5O4. The van der Waals surface area contributed by atoms with E-state index in [-0.39, 0.29) is 17.5 Å². The molecule has 1 aromatic carbocycles. The van der Waals surface area contributed by atoms with Gasteiger partial charge >= 0.3 is 5.97 Å². The van der Waals surface area contributed by atoms with Crippen molar-refractivity contribution in [1.29, 1.82) is 0 Å². The second-order valence-electron chi connectivity index (χ2n) is 6.39. The van der Waals surface area contributed by atoms with E-state index in [4.69, 9.17) is 5.11 Å². The average Bonchev–Trinajstić information content (AvgIpc) is 3.32. The van der Waals surface area contributed by atoms with Gasteiger partial charge in [0, 0.05) is 18.7 Å². The number of likely N-dealkylation sites (tertiary alicyclic amines) is 1. The zero-order chi connectivity index (χ0) is 19.4. The Morgan fingerprint density at radius 3 is 2.85 bits per heavy atom. The summed E-state index contributed by atoms with van der Waals surface area (Å²) in [6.45, 7) is 2.54. The molecule has 9 nitrogen and oxygen atoms in total.